The van der Waals surface area contributed by atoms with Crippen LogP contribution in [0.1, 0.15) is 39.2 Å². The van der Waals surface area contributed by atoms with Crippen LogP contribution in [0.2, 0.25) is 10.0 Å². The van der Waals surface area contributed by atoms with Gasteiger partial charge in [-0.05, 0) is 49.1 Å². The minimum Gasteiger partial charge on any atom is -0.354 e. The van der Waals surface area contributed by atoms with Crippen molar-refractivity contribution in [3.05, 3.63) is 64.1 Å². The smallest absolute Gasteiger partial charge is 0.242 e. The van der Waals surface area contributed by atoms with Crippen molar-refractivity contribution in [2.45, 2.75) is 46.2 Å². The van der Waals surface area contributed by atoms with Crippen molar-refractivity contribution in [1.82, 2.24) is 10.2 Å². The molecular formula is C25H33Cl2N3O4S. The topological polar surface area (TPSA) is 86.8 Å². The van der Waals surface area contributed by atoms with Crippen LogP contribution in [0.15, 0.2) is 48.5 Å². The summed E-state index contributed by atoms with van der Waals surface area (Å²) in [6, 6.07) is 13.1. The lowest BCUT2D eigenvalue weighted by molar-refractivity contribution is -0.140. The Morgan fingerprint density at radius 1 is 1.00 bits per heavy atom. The van der Waals surface area contributed by atoms with Crippen molar-refractivity contribution in [1.29, 1.82) is 0 Å². The van der Waals surface area contributed by atoms with Crippen LogP contribution in [0.4, 0.5) is 5.69 Å². The highest BCUT2D eigenvalue weighted by molar-refractivity contribution is 7.92. The zero-order chi connectivity index (χ0) is 26.2. The molecule has 0 bridgehead atoms. The number of hydrogen-bond donors (Lipinski definition) is 1. The van der Waals surface area contributed by atoms with Gasteiger partial charge in [0.25, 0.3) is 0 Å². The first-order chi connectivity index (χ1) is 16.4. The number of nitrogens with zero attached hydrogens (tertiary/aromatic N) is 2. The fourth-order valence-electron chi connectivity index (χ4n) is 3.47. The number of hydrogen-bond acceptors (Lipinski definition) is 4. The third kappa shape index (κ3) is 9.02. The molecule has 2 rings (SSSR count). The average molecular weight is 543 g/mol. The molecule has 0 spiro atoms. The number of carbonyl (C=O) groups is 2. The van der Waals surface area contributed by atoms with Gasteiger partial charge in [-0.15, -0.1) is 0 Å². The number of halogens is 2. The van der Waals surface area contributed by atoms with Crippen LogP contribution in [0.3, 0.4) is 0 Å². The van der Waals surface area contributed by atoms with Crippen molar-refractivity contribution in [2.75, 3.05) is 23.7 Å². The van der Waals surface area contributed by atoms with Crippen molar-refractivity contribution in [3.63, 3.8) is 0 Å². The van der Waals surface area contributed by atoms with Gasteiger partial charge in [0.15, 0.2) is 0 Å². The first kappa shape index (κ1) is 28.9. The molecule has 0 saturated heterocycles. The summed E-state index contributed by atoms with van der Waals surface area (Å²) >= 11 is 12.2. The lowest BCUT2D eigenvalue weighted by atomic mass is 10.1. The quantitative estimate of drug-likeness (QED) is 0.420. The van der Waals surface area contributed by atoms with E-state index in [1.165, 1.54) is 9.21 Å². The summed E-state index contributed by atoms with van der Waals surface area (Å²) in [6.07, 6.45) is 1.50. The van der Waals surface area contributed by atoms with Gasteiger partial charge >= 0.3 is 0 Å². The third-order valence-electron chi connectivity index (χ3n) is 5.39. The van der Waals surface area contributed by atoms with E-state index in [2.05, 4.69) is 5.32 Å². The number of nitrogens with one attached hydrogen (secondary N) is 1. The molecule has 0 heterocycles. The second kappa shape index (κ2) is 13.1. The summed E-state index contributed by atoms with van der Waals surface area (Å²) < 4.78 is 25.9. The Balaban J connectivity index is 2.17. The van der Waals surface area contributed by atoms with Crippen LogP contribution in [0.25, 0.3) is 0 Å². The van der Waals surface area contributed by atoms with Gasteiger partial charge in [-0.25, -0.2) is 8.42 Å². The van der Waals surface area contributed by atoms with Crippen LogP contribution < -0.4 is 9.62 Å². The monoisotopic (exact) mass is 541 g/mol. The molecule has 0 aromatic heterocycles. The summed E-state index contributed by atoms with van der Waals surface area (Å²) in [7, 11) is -3.52. The van der Waals surface area contributed by atoms with Gasteiger partial charge < -0.3 is 10.2 Å². The Kier molecular flexibility index (Phi) is 10.9. The summed E-state index contributed by atoms with van der Waals surface area (Å²) in [5.41, 5.74) is 1.27. The SMILES string of the molecule is CC(C)CNC(=O)[C@H](C)N(Cc1ccc(Cl)c(Cl)c1)C(=O)CCCN(c1ccccc1)S(C)(=O)=O. The molecule has 0 aliphatic carbocycles. The normalized spacial score (nSPS) is 12.3. The van der Waals surface area contributed by atoms with Gasteiger partial charge in [-0.3, -0.25) is 13.9 Å². The number of sulfonamides is 1. The first-order valence-electron chi connectivity index (χ1n) is 11.4. The lowest BCUT2D eigenvalue weighted by Crippen LogP contribution is -2.48. The third-order valence-corrected chi connectivity index (χ3v) is 7.32. The molecule has 2 aromatic carbocycles. The molecule has 1 atom stereocenters. The molecule has 0 unspecified atom stereocenters. The molecule has 7 nitrogen and oxygen atoms in total. The van der Waals surface area contributed by atoms with Crippen LogP contribution in [0.5, 0.6) is 0 Å². The number of para-hydroxylation sites is 1. The summed E-state index contributed by atoms with van der Waals surface area (Å²) in [6.45, 7) is 6.47. The van der Waals surface area contributed by atoms with Gasteiger partial charge in [0.05, 0.1) is 22.0 Å². The molecule has 2 amide bonds. The zero-order valence-electron chi connectivity index (χ0n) is 20.5. The van der Waals surface area contributed by atoms with E-state index in [1.807, 2.05) is 13.8 Å². The van der Waals surface area contributed by atoms with Gasteiger partial charge in [0.2, 0.25) is 21.8 Å². The molecular weight excluding hydrogens is 509 g/mol. The van der Waals surface area contributed by atoms with E-state index in [-0.39, 0.29) is 37.2 Å². The van der Waals surface area contributed by atoms with E-state index in [9.17, 15) is 18.0 Å². The Morgan fingerprint density at radius 2 is 1.66 bits per heavy atom. The first-order valence-corrected chi connectivity index (χ1v) is 14.0. The van der Waals surface area contributed by atoms with E-state index in [0.717, 1.165) is 11.8 Å². The highest BCUT2D eigenvalue weighted by Crippen LogP contribution is 2.24. The fraction of sp³-hybridized carbons (Fsp3) is 0.440. The Labute approximate surface area is 218 Å². The Bertz CT molecular complexity index is 1110. The van der Waals surface area contributed by atoms with Gasteiger partial charge in [-0.1, -0.05) is 61.3 Å². The van der Waals surface area contributed by atoms with Crippen LogP contribution in [-0.2, 0) is 26.2 Å². The van der Waals surface area contributed by atoms with Gasteiger partial charge in [0.1, 0.15) is 6.04 Å². The fourth-order valence-corrected chi connectivity index (χ4v) is 4.75. The lowest BCUT2D eigenvalue weighted by Gasteiger charge is -2.29. The molecule has 2 aromatic rings. The summed E-state index contributed by atoms with van der Waals surface area (Å²) in [5, 5.41) is 3.63. The largest absolute Gasteiger partial charge is 0.354 e. The molecule has 0 saturated carbocycles. The molecule has 192 valence electrons. The molecule has 10 heteroatoms. The van der Waals surface area contributed by atoms with Crippen molar-refractivity contribution < 1.29 is 18.0 Å². The maximum absolute atomic E-state index is 13.3. The Hall–Kier alpha value is -2.29. The Morgan fingerprint density at radius 3 is 2.23 bits per heavy atom. The second-order valence-corrected chi connectivity index (χ2v) is 11.6. The summed E-state index contributed by atoms with van der Waals surface area (Å²) in [4.78, 5) is 27.5. The molecule has 1 N–H and O–H groups in total. The highest BCUT2D eigenvalue weighted by Gasteiger charge is 2.27. The van der Waals surface area contributed by atoms with E-state index < -0.39 is 16.1 Å². The molecule has 0 radical (unpaired) electrons. The number of benzene rings is 2. The second-order valence-electron chi connectivity index (χ2n) is 8.86. The molecule has 0 aliphatic rings. The van der Waals surface area contributed by atoms with Gasteiger partial charge in [-0.2, -0.15) is 0 Å². The van der Waals surface area contributed by atoms with Crippen LogP contribution in [-0.4, -0.2) is 50.5 Å². The van der Waals surface area contributed by atoms with Crippen molar-refractivity contribution >= 4 is 50.7 Å². The van der Waals surface area contributed by atoms with E-state index in [4.69, 9.17) is 23.2 Å². The predicted molar refractivity (Wildman–Crippen MR) is 142 cm³/mol. The zero-order valence-corrected chi connectivity index (χ0v) is 22.8. The van der Waals surface area contributed by atoms with E-state index in [1.54, 1.807) is 55.5 Å². The molecule has 0 aliphatic heterocycles. The van der Waals surface area contributed by atoms with Gasteiger partial charge in [0, 0.05) is 26.1 Å². The highest BCUT2D eigenvalue weighted by atomic mass is 35.5. The van der Waals surface area contributed by atoms with Crippen LogP contribution >= 0.6 is 23.2 Å². The maximum Gasteiger partial charge on any atom is 0.242 e. The molecule has 35 heavy (non-hydrogen) atoms. The standard InChI is InChI=1S/C25H33Cl2N3O4S/c1-18(2)16-28-25(32)19(3)29(17-20-12-13-22(26)23(27)15-20)24(31)11-8-14-30(35(4,33)34)21-9-6-5-7-10-21/h5-7,9-10,12-13,15,18-19H,8,11,14,16-17H2,1-4H3,(H,28,32)/t19-/m0/s1. The minimum absolute atomic E-state index is 0.0714. The predicted octanol–water partition coefficient (Wildman–Crippen LogP) is 4.73. The maximum atomic E-state index is 13.3. The van der Waals surface area contributed by atoms with E-state index >= 15 is 0 Å². The van der Waals surface area contributed by atoms with Crippen molar-refractivity contribution in [2.24, 2.45) is 5.92 Å². The van der Waals surface area contributed by atoms with Crippen LogP contribution in [0, 0.1) is 5.92 Å². The molecule has 0 fully saturated rings. The number of carbonyl (C=O) groups excluding carboxylic acids is 2. The van der Waals surface area contributed by atoms with Crippen molar-refractivity contribution in [3.8, 4) is 0 Å². The number of amides is 2. The minimum atomic E-state index is -3.52. The number of rotatable bonds is 12. The summed E-state index contributed by atoms with van der Waals surface area (Å²) in [5.74, 6) is -0.246. The number of anilines is 1. The average Bonchev–Trinajstić information content (AvgIpc) is 2.80. The van der Waals surface area contributed by atoms with E-state index in [0.29, 0.717) is 28.7 Å².